The van der Waals surface area contributed by atoms with E-state index in [0.29, 0.717) is 17.6 Å². The van der Waals surface area contributed by atoms with Crippen LogP contribution in [0.25, 0.3) is 0 Å². The Bertz CT molecular complexity index is 578. The molecule has 2 atom stereocenters. The summed E-state index contributed by atoms with van der Waals surface area (Å²) in [4.78, 5) is 26.6. The van der Waals surface area contributed by atoms with Crippen molar-refractivity contribution >= 4 is 23.6 Å². The van der Waals surface area contributed by atoms with Gasteiger partial charge < -0.3 is 16.0 Å². The molecule has 0 radical (unpaired) electrons. The average molecular weight is 319 g/mol. The van der Waals surface area contributed by atoms with E-state index in [0.717, 1.165) is 30.8 Å². The summed E-state index contributed by atoms with van der Waals surface area (Å²) in [6, 6.07) is 8.44. The number of hydrogen-bond donors (Lipinski definition) is 2. The van der Waals surface area contributed by atoms with Gasteiger partial charge in [-0.2, -0.15) is 0 Å². The number of rotatable bonds is 4. The summed E-state index contributed by atoms with van der Waals surface area (Å²) in [6.45, 7) is 1.56. The lowest BCUT2D eigenvalue weighted by Gasteiger charge is -2.25. The van der Waals surface area contributed by atoms with Crippen molar-refractivity contribution in [3.63, 3.8) is 0 Å². The van der Waals surface area contributed by atoms with Crippen LogP contribution in [0.15, 0.2) is 29.2 Å². The number of nitrogens with one attached hydrogen (secondary N) is 1. The van der Waals surface area contributed by atoms with Gasteiger partial charge in [-0.25, -0.2) is 0 Å². The van der Waals surface area contributed by atoms with Gasteiger partial charge in [-0.05, 0) is 31.4 Å². The minimum Gasteiger partial charge on any atom is -0.369 e. The molecule has 2 amide bonds. The quantitative estimate of drug-likeness (QED) is 0.819. The van der Waals surface area contributed by atoms with Crippen molar-refractivity contribution < 1.29 is 9.59 Å². The van der Waals surface area contributed by atoms with Gasteiger partial charge in [0.2, 0.25) is 5.91 Å². The maximum atomic E-state index is 12.9. The van der Waals surface area contributed by atoms with Gasteiger partial charge in [-0.3, -0.25) is 9.59 Å². The number of fused-ring (bicyclic) bond motifs is 2. The molecule has 2 unspecified atom stereocenters. The molecular formula is C16H21N3O2S. The van der Waals surface area contributed by atoms with Gasteiger partial charge in [-0.1, -0.05) is 12.1 Å². The van der Waals surface area contributed by atoms with E-state index in [2.05, 4.69) is 5.32 Å². The molecule has 2 heterocycles. The molecule has 0 aromatic heterocycles. The number of nitrogens with two attached hydrogens (primary N) is 1. The van der Waals surface area contributed by atoms with E-state index in [1.807, 2.05) is 29.2 Å². The third kappa shape index (κ3) is 3.44. The molecular weight excluding hydrogens is 298 g/mol. The van der Waals surface area contributed by atoms with Crippen molar-refractivity contribution in [1.82, 2.24) is 10.2 Å². The first kappa shape index (κ1) is 15.4. The monoisotopic (exact) mass is 319 g/mol. The van der Waals surface area contributed by atoms with Crippen LogP contribution >= 0.6 is 11.8 Å². The van der Waals surface area contributed by atoms with E-state index in [9.17, 15) is 9.59 Å². The van der Waals surface area contributed by atoms with Crippen molar-refractivity contribution in [3.8, 4) is 0 Å². The summed E-state index contributed by atoms with van der Waals surface area (Å²) < 4.78 is 0. The molecule has 5 nitrogen and oxygen atoms in total. The van der Waals surface area contributed by atoms with E-state index in [1.54, 1.807) is 0 Å². The molecule has 0 saturated carbocycles. The second-order valence-electron chi connectivity index (χ2n) is 5.93. The lowest BCUT2D eigenvalue weighted by atomic mass is 10.1. The molecule has 3 N–H and O–H groups in total. The van der Waals surface area contributed by atoms with E-state index in [4.69, 9.17) is 5.73 Å². The topological polar surface area (TPSA) is 75.4 Å². The molecule has 2 saturated heterocycles. The van der Waals surface area contributed by atoms with Gasteiger partial charge >= 0.3 is 0 Å². The van der Waals surface area contributed by atoms with Crippen LogP contribution in [0.1, 0.15) is 29.6 Å². The van der Waals surface area contributed by atoms with Crippen molar-refractivity contribution in [2.75, 3.05) is 18.8 Å². The number of benzene rings is 1. The molecule has 0 spiro atoms. The molecule has 2 aliphatic heterocycles. The predicted molar refractivity (Wildman–Crippen MR) is 86.8 cm³/mol. The Kier molecular flexibility index (Phi) is 4.69. The van der Waals surface area contributed by atoms with Crippen molar-refractivity contribution in [3.05, 3.63) is 29.8 Å². The van der Waals surface area contributed by atoms with Gasteiger partial charge in [0.25, 0.3) is 5.91 Å². The summed E-state index contributed by atoms with van der Waals surface area (Å²) in [5.41, 5.74) is 5.88. The van der Waals surface area contributed by atoms with Crippen LogP contribution in [0.2, 0.25) is 0 Å². The van der Waals surface area contributed by atoms with Gasteiger partial charge in [0, 0.05) is 30.1 Å². The first-order valence-electron chi connectivity index (χ1n) is 7.69. The molecule has 3 rings (SSSR count). The Morgan fingerprint density at radius 3 is 2.82 bits per heavy atom. The third-order valence-electron chi connectivity index (χ3n) is 4.30. The minimum atomic E-state index is -0.372. The number of primary amides is 1. The first-order chi connectivity index (χ1) is 10.6. The summed E-state index contributed by atoms with van der Waals surface area (Å²) in [5, 5.41) is 3.58. The van der Waals surface area contributed by atoms with Crippen LogP contribution < -0.4 is 11.1 Å². The maximum Gasteiger partial charge on any atom is 0.255 e. The molecule has 2 fully saturated rings. The van der Waals surface area contributed by atoms with Crippen LogP contribution in [0.4, 0.5) is 0 Å². The molecule has 2 aliphatic rings. The highest BCUT2D eigenvalue weighted by Crippen LogP contribution is 2.26. The molecule has 0 aliphatic carbocycles. The number of amides is 2. The molecule has 2 bridgehead atoms. The number of carbonyl (C=O) groups is 2. The Morgan fingerprint density at radius 2 is 2.00 bits per heavy atom. The Labute approximate surface area is 134 Å². The van der Waals surface area contributed by atoms with Crippen LogP contribution in [-0.2, 0) is 4.79 Å². The first-order valence-corrected chi connectivity index (χ1v) is 8.67. The maximum absolute atomic E-state index is 12.9. The zero-order valence-corrected chi connectivity index (χ0v) is 13.3. The fourth-order valence-electron chi connectivity index (χ4n) is 3.22. The number of carbonyl (C=O) groups excluding carboxylic acids is 2. The van der Waals surface area contributed by atoms with E-state index in [-0.39, 0.29) is 17.6 Å². The number of likely N-dealkylation sites (tertiary alicyclic amines) is 1. The summed E-state index contributed by atoms with van der Waals surface area (Å²) >= 11 is 1.33. The van der Waals surface area contributed by atoms with Gasteiger partial charge in [0.15, 0.2) is 0 Å². The lowest BCUT2D eigenvalue weighted by molar-refractivity contribution is -0.115. The fraction of sp³-hybridized carbons (Fsp3) is 0.500. The SMILES string of the molecule is NC(=O)CSc1ccccc1C(=O)N1CCC2CCC(C1)N2. The average Bonchev–Trinajstić information content (AvgIpc) is 2.84. The lowest BCUT2D eigenvalue weighted by Crippen LogP contribution is -2.39. The smallest absolute Gasteiger partial charge is 0.255 e. The van der Waals surface area contributed by atoms with Crippen molar-refractivity contribution in [1.29, 1.82) is 0 Å². The fourth-order valence-corrected chi connectivity index (χ4v) is 4.00. The second kappa shape index (κ2) is 6.71. The number of hydrogen-bond acceptors (Lipinski definition) is 4. The minimum absolute atomic E-state index is 0.0573. The van der Waals surface area contributed by atoms with E-state index < -0.39 is 0 Å². The van der Waals surface area contributed by atoms with Gasteiger partial charge in [0.1, 0.15) is 0 Å². The van der Waals surface area contributed by atoms with E-state index >= 15 is 0 Å². The normalized spacial score (nSPS) is 24.1. The molecule has 118 valence electrons. The number of nitrogens with zero attached hydrogens (tertiary/aromatic N) is 1. The Balaban J connectivity index is 1.75. The largest absolute Gasteiger partial charge is 0.369 e. The van der Waals surface area contributed by atoms with Crippen molar-refractivity contribution in [2.24, 2.45) is 5.73 Å². The molecule has 1 aromatic carbocycles. The molecule has 6 heteroatoms. The zero-order valence-electron chi connectivity index (χ0n) is 12.5. The Hall–Kier alpha value is -1.53. The summed E-state index contributed by atoms with van der Waals surface area (Å²) in [6.07, 6.45) is 3.38. The zero-order chi connectivity index (χ0) is 15.5. The third-order valence-corrected chi connectivity index (χ3v) is 5.39. The second-order valence-corrected chi connectivity index (χ2v) is 6.95. The van der Waals surface area contributed by atoms with Gasteiger partial charge in [-0.15, -0.1) is 11.8 Å². The highest BCUT2D eigenvalue weighted by Gasteiger charge is 2.31. The summed E-state index contributed by atoms with van der Waals surface area (Å²) in [5.74, 6) is -0.123. The van der Waals surface area contributed by atoms with E-state index in [1.165, 1.54) is 18.2 Å². The predicted octanol–water partition coefficient (Wildman–Crippen LogP) is 1.23. The van der Waals surface area contributed by atoms with Crippen LogP contribution in [0.3, 0.4) is 0 Å². The Morgan fingerprint density at radius 1 is 1.23 bits per heavy atom. The standard InChI is InChI=1S/C16H21N3O2S/c17-15(20)10-22-14-4-2-1-3-13(14)16(21)19-8-7-11-5-6-12(9-19)18-11/h1-4,11-12,18H,5-10H2,(H2,17,20). The van der Waals surface area contributed by atoms with Crippen LogP contribution in [-0.4, -0.2) is 47.6 Å². The van der Waals surface area contributed by atoms with Gasteiger partial charge in [0.05, 0.1) is 11.3 Å². The van der Waals surface area contributed by atoms with Crippen LogP contribution in [0.5, 0.6) is 0 Å². The highest BCUT2D eigenvalue weighted by atomic mass is 32.2. The molecule has 1 aromatic rings. The summed E-state index contributed by atoms with van der Waals surface area (Å²) in [7, 11) is 0. The van der Waals surface area contributed by atoms with Crippen molar-refractivity contribution in [2.45, 2.75) is 36.2 Å². The van der Waals surface area contributed by atoms with Crippen LogP contribution in [0, 0.1) is 0 Å². The highest BCUT2D eigenvalue weighted by molar-refractivity contribution is 8.00. The number of thioether (sulfide) groups is 1. The molecule has 22 heavy (non-hydrogen) atoms.